The molecule has 0 saturated carbocycles. The van der Waals surface area contributed by atoms with Crippen LogP contribution in [0.5, 0.6) is 0 Å². The Bertz CT molecular complexity index is 536. The van der Waals surface area contributed by atoms with Gasteiger partial charge in [0.15, 0.2) is 0 Å². The van der Waals surface area contributed by atoms with Crippen molar-refractivity contribution in [3.05, 3.63) is 0 Å². The van der Waals surface area contributed by atoms with E-state index in [1.54, 1.807) is 0 Å². The third-order valence-electron chi connectivity index (χ3n) is 3.20. The van der Waals surface area contributed by atoms with E-state index in [4.69, 9.17) is 15.9 Å². The van der Waals surface area contributed by atoms with E-state index in [0.29, 0.717) is 6.42 Å². The lowest BCUT2D eigenvalue weighted by Gasteiger charge is -2.18. The molecule has 0 aliphatic heterocycles. The molecule has 0 aromatic heterocycles. The Morgan fingerprint density at radius 2 is 1.50 bits per heavy atom. The lowest BCUT2D eigenvalue weighted by atomic mass is 10.0. The van der Waals surface area contributed by atoms with Gasteiger partial charge in [-0.1, -0.05) is 13.8 Å². The molecule has 0 rings (SSSR count). The van der Waals surface area contributed by atoms with E-state index in [1.165, 1.54) is 0 Å². The highest BCUT2D eigenvalue weighted by atomic mass is 16.4. The van der Waals surface area contributed by atoms with Crippen LogP contribution in [0.1, 0.15) is 33.1 Å². The average molecular weight is 374 g/mol. The maximum atomic E-state index is 11.9. The number of hydrogen-bond donors (Lipinski definition) is 6. The van der Waals surface area contributed by atoms with Gasteiger partial charge in [0.05, 0.1) is 12.6 Å². The van der Waals surface area contributed by atoms with E-state index in [1.807, 2.05) is 13.8 Å². The van der Waals surface area contributed by atoms with Crippen LogP contribution in [0.2, 0.25) is 0 Å². The van der Waals surface area contributed by atoms with Crippen molar-refractivity contribution in [1.29, 1.82) is 0 Å². The molecule has 0 heterocycles. The van der Waals surface area contributed by atoms with Gasteiger partial charge in [0, 0.05) is 6.42 Å². The molecule has 148 valence electrons. The van der Waals surface area contributed by atoms with E-state index >= 15 is 0 Å². The lowest BCUT2D eigenvalue weighted by molar-refractivity contribution is -0.140. The van der Waals surface area contributed by atoms with Crippen LogP contribution in [0.15, 0.2) is 0 Å². The number of carboxylic acids is 2. The average Bonchev–Trinajstić information content (AvgIpc) is 2.53. The van der Waals surface area contributed by atoms with E-state index in [0.717, 1.165) is 0 Å². The van der Waals surface area contributed by atoms with Crippen LogP contribution in [-0.4, -0.2) is 65.0 Å². The van der Waals surface area contributed by atoms with Gasteiger partial charge in [-0.3, -0.25) is 24.0 Å². The molecule has 0 saturated heterocycles. The Morgan fingerprint density at radius 1 is 0.923 bits per heavy atom. The minimum Gasteiger partial charge on any atom is -0.481 e. The summed E-state index contributed by atoms with van der Waals surface area (Å²) in [4.78, 5) is 56.6. The lowest BCUT2D eigenvalue weighted by Crippen LogP contribution is -2.51. The van der Waals surface area contributed by atoms with E-state index < -0.39 is 61.3 Å². The smallest absolute Gasteiger partial charge is 0.322 e. The fraction of sp³-hybridized carbons (Fsp3) is 0.667. The molecule has 7 N–H and O–H groups in total. The highest BCUT2D eigenvalue weighted by Crippen LogP contribution is 2.02. The number of carbonyl (C=O) groups excluding carboxylic acids is 3. The number of nitrogens with two attached hydrogens (primary N) is 1. The number of nitrogens with one attached hydrogen (secondary N) is 3. The number of amides is 3. The van der Waals surface area contributed by atoms with Gasteiger partial charge in [-0.2, -0.15) is 0 Å². The molecule has 3 amide bonds. The second-order valence-corrected chi connectivity index (χ2v) is 6.12. The zero-order chi connectivity index (χ0) is 20.3. The fourth-order valence-electron chi connectivity index (χ4n) is 1.98. The summed E-state index contributed by atoms with van der Waals surface area (Å²) in [6.07, 6.45) is -0.198. The third kappa shape index (κ3) is 11.0. The standard InChI is InChI=1S/C15H26N4O7/c1-8(2)5-9(16)14(25)17-6-11(20)19-10(3-4-12(21)22)15(26)18-7-13(23)24/h8-10H,3-7,16H2,1-2H3,(H,17,25)(H,18,26)(H,19,20)(H,21,22)(H,23,24). The molecule has 0 aliphatic carbocycles. The normalized spacial score (nSPS) is 12.8. The molecular formula is C15H26N4O7. The van der Waals surface area contributed by atoms with Gasteiger partial charge in [-0.25, -0.2) is 0 Å². The number of carbonyl (C=O) groups is 5. The molecule has 0 spiro atoms. The molecule has 26 heavy (non-hydrogen) atoms. The summed E-state index contributed by atoms with van der Waals surface area (Å²) in [7, 11) is 0. The molecule has 11 heteroatoms. The van der Waals surface area contributed by atoms with Crippen molar-refractivity contribution in [3.63, 3.8) is 0 Å². The Hall–Kier alpha value is -2.69. The van der Waals surface area contributed by atoms with Crippen molar-refractivity contribution >= 4 is 29.7 Å². The van der Waals surface area contributed by atoms with Crippen LogP contribution in [0.3, 0.4) is 0 Å². The van der Waals surface area contributed by atoms with E-state index in [2.05, 4.69) is 16.0 Å². The number of carboxylic acid groups (broad SMARTS) is 2. The maximum absolute atomic E-state index is 11.9. The fourth-order valence-corrected chi connectivity index (χ4v) is 1.98. The van der Waals surface area contributed by atoms with Crippen LogP contribution >= 0.6 is 0 Å². The predicted molar refractivity (Wildman–Crippen MR) is 89.9 cm³/mol. The van der Waals surface area contributed by atoms with Crippen molar-refractivity contribution in [2.75, 3.05) is 13.1 Å². The van der Waals surface area contributed by atoms with Gasteiger partial charge in [-0.15, -0.1) is 0 Å². The van der Waals surface area contributed by atoms with Gasteiger partial charge >= 0.3 is 11.9 Å². The van der Waals surface area contributed by atoms with Crippen LogP contribution < -0.4 is 21.7 Å². The number of aliphatic carboxylic acids is 2. The van der Waals surface area contributed by atoms with Gasteiger partial charge in [0.2, 0.25) is 17.7 Å². The summed E-state index contributed by atoms with van der Waals surface area (Å²) in [6.45, 7) is 2.67. The van der Waals surface area contributed by atoms with Crippen LogP contribution in [-0.2, 0) is 24.0 Å². The van der Waals surface area contributed by atoms with E-state index in [9.17, 15) is 24.0 Å². The first-order chi connectivity index (χ1) is 12.0. The Morgan fingerprint density at radius 3 is 2.00 bits per heavy atom. The topological polar surface area (TPSA) is 188 Å². The van der Waals surface area contributed by atoms with Crippen molar-refractivity contribution in [2.24, 2.45) is 11.7 Å². The Kier molecular flexibility index (Phi) is 10.6. The van der Waals surface area contributed by atoms with Crippen LogP contribution in [0.4, 0.5) is 0 Å². The Balaban J connectivity index is 4.60. The number of hydrogen-bond acceptors (Lipinski definition) is 6. The van der Waals surface area contributed by atoms with Crippen molar-refractivity contribution in [3.8, 4) is 0 Å². The molecular weight excluding hydrogens is 348 g/mol. The van der Waals surface area contributed by atoms with E-state index in [-0.39, 0.29) is 12.3 Å². The zero-order valence-corrected chi connectivity index (χ0v) is 14.8. The molecule has 0 aromatic carbocycles. The summed E-state index contributed by atoms with van der Waals surface area (Å²) in [6, 6.07) is -2.01. The van der Waals surface area contributed by atoms with Crippen molar-refractivity contribution in [1.82, 2.24) is 16.0 Å². The van der Waals surface area contributed by atoms with Gasteiger partial charge in [0.25, 0.3) is 0 Å². The summed E-state index contributed by atoms with van der Waals surface area (Å²) >= 11 is 0. The minimum atomic E-state index is -1.28. The second kappa shape index (κ2) is 11.8. The van der Waals surface area contributed by atoms with Gasteiger partial charge < -0.3 is 31.9 Å². The molecule has 2 unspecified atom stereocenters. The quantitative estimate of drug-likeness (QED) is 0.227. The number of rotatable bonds is 12. The van der Waals surface area contributed by atoms with Crippen molar-refractivity contribution in [2.45, 2.75) is 45.2 Å². The first-order valence-electron chi connectivity index (χ1n) is 8.06. The second-order valence-electron chi connectivity index (χ2n) is 6.12. The summed E-state index contributed by atoms with van der Waals surface area (Å²) in [5.74, 6) is -4.34. The zero-order valence-electron chi connectivity index (χ0n) is 14.8. The Labute approximate surface area is 150 Å². The highest BCUT2D eigenvalue weighted by Gasteiger charge is 2.23. The minimum absolute atomic E-state index is 0.197. The molecule has 0 radical (unpaired) electrons. The third-order valence-corrected chi connectivity index (χ3v) is 3.20. The molecule has 0 aliphatic rings. The summed E-state index contributed by atoms with van der Waals surface area (Å²) in [5, 5.41) is 23.9. The SMILES string of the molecule is CC(C)CC(N)C(=O)NCC(=O)NC(CCC(=O)O)C(=O)NCC(=O)O. The first kappa shape index (κ1) is 23.3. The maximum Gasteiger partial charge on any atom is 0.322 e. The molecule has 11 nitrogen and oxygen atoms in total. The van der Waals surface area contributed by atoms with Crippen LogP contribution in [0.25, 0.3) is 0 Å². The summed E-state index contributed by atoms with van der Waals surface area (Å²) in [5.41, 5.74) is 5.67. The largest absolute Gasteiger partial charge is 0.481 e. The van der Waals surface area contributed by atoms with Crippen LogP contribution in [0, 0.1) is 5.92 Å². The van der Waals surface area contributed by atoms with Gasteiger partial charge in [-0.05, 0) is 18.8 Å². The van der Waals surface area contributed by atoms with Crippen molar-refractivity contribution < 1.29 is 34.2 Å². The molecule has 0 fully saturated rings. The molecule has 0 bridgehead atoms. The predicted octanol–water partition coefficient (Wildman–Crippen LogP) is -1.97. The summed E-state index contributed by atoms with van der Waals surface area (Å²) < 4.78 is 0. The molecule has 2 atom stereocenters. The van der Waals surface area contributed by atoms with Gasteiger partial charge in [0.1, 0.15) is 12.6 Å². The molecule has 0 aromatic rings. The highest BCUT2D eigenvalue weighted by molar-refractivity contribution is 5.92. The monoisotopic (exact) mass is 374 g/mol. The first-order valence-corrected chi connectivity index (χ1v) is 8.06.